The Balaban J connectivity index is 1.49. The average molecular weight is 381 g/mol. The van der Waals surface area contributed by atoms with Gasteiger partial charge in [-0.25, -0.2) is 0 Å². The Morgan fingerprint density at radius 3 is 3.22 bits per heavy atom. The van der Waals surface area contributed by atoms with Gasteiger partial charge in [0.15, 0.2) is 0 Å². The minimum atomic E-state index is 0.636. The first-order chi connectivity index (χ1) is 11.3. The lowest BCUT2D eigenvalue weighted by atomic mass is 10.1. The number of methoxy groups -OCH3 is 1. The van der Waals surface area contributed by atoms with Crippen LogP contribution in [0, 0.1) is 0 Å². The molecule has 0 spiro atoms. The normalized spacial score (nSPS) is 21.0. The molecule has 1 N–H and O–H groups in total. The van der Waals surface area contributed by atoms with Crippen LogP contribution in [0.2, 0.25) is 0 Å². The minimum absolute atomic E-state index is 0.636. The third kappa shape index (κ3) is 4.57. The molecule has 0 radical (unpaired) electrons. The Morgan fingerprint density at radius 1 is 1.43 bits per heavy atom. The van der Waals surface area contributed by atoms with Crippen molar-refractivity contribution < 1.29 is 9.47 Å². The van der Waals surface area contributed by atoms with E-state index in [2.05, 4.69) is 38.3 Å². The highest BCUT2D eigenvalue weighted by Gasteiger charge is 2.23. The molecule has 0 bridgehead atoms. The van der Waals surface area contributed by atoms with Gasteiger partial charge >= 0.3 is 0 Å². The number of halogens is 1. The number of nitrogens with zero attached hydrogens (tertiary/aromatic N) is 1. The molecule has 0 aromatic heterocycles. The summed E-state index contributed by atoms with van der Waals surface area (Å²) in [5, 5.41) is 3.61. The number of benzene rings is 1. The van der Waals surface area contributed by atoms with Gasteiger partial charge in [0.25, 0.3) is 0 Å². The van der Waals surface area contributed by atoms with Crippen LogP contribution in [-0.2, 0) is 4.74 Å². The fourth-order valence-corrected chi connectivity index (χ4v) is 3.71. The lowest BCUT2D eigenvalue weighted by molar-refractivity contribution is 0.140. The van der Waals surface area contributed by atoms with Crippen LogP contribution in [0.15, 0.2) is 28.2 Å². The van der Waals surface area contributed by atoms with E-state index in [-0.39, 0.29) is 0 Å². The number of ether oxygens (including phenoxy) is 2. The van der Waals surface area contributed by atoms with E-state index in [1.54, 1.807) is 7.11 Å². The maximum Gasteiger partial charge on any atom is 0.127 e. The van der Waals surface area contributed by atoms with Crippen LogP contribution in [-0.4, -0.2) is 57.4 Å². The zero-order valence-corrected chi connectivity index (χ0v) is 15.3. The molecule has 0 aliphatic carbocycles. The monoisotopic (exact) mass is 380 g/mol. The van der Waals surface area contributed by atoms with Gasteiger partial charge in [0.05, 0.1) is 6.61 Å². The predicted octanol–water partition coefficient (Wildman–Crippen LogP) is 2.93. The molecule has 1 aromatic rings. The first-order valence-corrected chi connectivity index (χ1v) is 9.11. The number of hydrogen-bond acceptors (Lipinski definition) is 4. The van der Waals surface area contributed by atoms with Gasteiger partial charge in [0, 0.05) is 42.8 Å². The van der Waals surface area contributed by atoms with Gasteiger partial charge in [0.2, 0.25) is 0 Å². The van der Waals surface area contributed by atoms with Gasteiger partial charge in [0.1, 0.15) is 12.4 Å². The van der Waals surface area contributed by atoms with Crippen molar-refractivity contribution in [2.75, 3.05) is 46.5 Å². The molecular formula is C18H25BrN2O2. The summed E-state index contributed by atoms with van der Waals surface area (Å²) in [6.45, 7) is 5.66. The lowest BCUT2D eigenvalue weighted by Gasteiger charge is -2.25. The lowest BCUT2D eigenvalue weighted by Crippen LogP contribution is -2.40. The second-order valence-corrected chi connectivity index (χ2v) is 7.14. The third-order valence-electron chi connectivity index (χ3n) is 4.56. The second-order valence-electron chi connectivity index (χ2n) is 6.23. The molecule has 1 atom stereocenters. The molecule has 23 heavy (non-hydrogen) atoms. The molecule has 3 rings (SSSR count). The van der Waals surface area contributed by atoms with Crippen LogP contribution >= 0.6 is 15.9 Å². The van der Waals surface area contributed by atoms with Crippen LogP contribution in [0.1, 0.15) is 18.4 Å². The standard InChI is InChI=1S/C18H25BrN2O2/c1-22-8-7-21-6-2-3-17(21)12-20-11-14-9-15-10-16(19)4-5-18(15)23-13-14/h4-5,9-10,17,20H,2-3,6-8,11-13H2,1H3. The molecule has 2 aliphatic heterocycles. The Hall–Kier alpha value is -0.880. The van der Waals surface area contributed by atoms with E-state index in [0.29, 0.717) is 12.6 Å². The molecule has 0 saturated carbocycles. The molecule has 2 aliphatic rings. The first-order valence-electron chi connectivity index (χ1n) is 8.32. The van der Waals surface area contributed by atoms with Crippen molar-refractivity contribution in [2.24, 2.45) is 0 Å². The largest absolute Gasteiger partial charge is 0.489 e. The molecule has 2 heterocycles. The van der Waals surface area contributed by atoms with E-state index in [1.165, 1.54) is 25.0 Å². The number of fused-ring (bicyclic) bond motifs is 1. The Labute approximate surface area is 147 Å². The van der Waals surface area contributed by atoms with Crippen molar-refractivity contribution in [3.8, 4) is 5.75 Å². The van der Waals surface area contributed by atoms with E-state index in [4.69, 9.17) is 9.47 Å². The summed E-state index contributed by atoms with van der Waals surface area (Å²) in [5.41, 5.74) is 2.46. The highest BCUT2D eigenvalue weighted by atomic mass is 79.9. The minimum Gasteiger partial charge on any atom is -0.489 e. The molecular weight excluding hydrogens is 356 g/mol. The average Bonchev–Trinajstić information content (AvgIpc) is 3.00. The molecule has 0 amide bonds. The van der Waals surface area contributed by atoms with E-state index >= 15 is 0 Å². The van der Waals surface area contributed by atoms with E-state index in [1.807, 2.05) is 12.1 Å². The van der Waals surface area contributed by atoms with Crippen LogP contribution in [0.3, 0.4) is 0 Å². The number of hydrogen-bond donors (Lipinski definition) is 1. The molecule has 1 unspecified atom stereocenters. The van der Waals surface area contributed by atoms with E-state index in [9.17, 15) is 0 Å². The molecule has 1 fully saturated rings. The Morgan fingerprint density at radius 2 is 2.35 bits per heavy atom. The maximum absolute atomic E-state index is 5.83. The molecule has 5 heteroatoms. The van der Waals surface area contributed by atoms with Crippen molar-refractivity contribution in [3.05, 3.63) is 33.8 Å². The molecule has 4 nitrogen and oxygen atoms in total. The molecule has 1 saturated heterocycles. The van der Waals surface area contributed by atoms with Crippen LogP contribution in [0.4, 0.5) is 0 Å². The van der Waals surface area contributed by atoms with Crippen LogP contribution in [0.25, 0.3) is 6.08 Å². The first kappa shape index (κ1) is 17.0. The zero-order valence-electron chi connectivity index (χ0n) is 13.7. The van der Waals surface area contributed by atoms with Gasteiger partial charge in [-0.15, -0.1) is 0 Å². The molecule has 1 aromatic carbocycles. The van der Waals surface area contributed by atoms with Crippen molar-refractivity contribution in [1.82, 2.24) is 10.2 Å². The van der Waals surface area contributed by atoms with Crippen molar-refractivity contribution in [3.63, 3.8) is 0 Å². The second kappa shape index (κ2) is 8.29. The fourth-order valence-electron chi connectivity index (χ4n) is 3.33. The molecule has 126 valence electrons. The summed E-state index contributed by atoms with van der Waals surface area (Å²) in [6, 6.07) is 6.78. The van der Waals surface area contributed by atoms with Gasteiger partial charge in [-0.05, 0) is 49.2 Å². The maximum atomic E-state index is 5.83. The van der Waals surface area contributed by atoms with Crippen molar-refractivity contribution >= 4 is 22.0 Å². The summed E-state index contributed by atoms with van der Waals surface area (Å²) in [7, 11) is 1.77. The fraction of sp³-hybridized carbons (Fsp3) is 0.556. The zero-order chi connectivity index (χ0) is 16.1. The smallest absolute Gasteiger partial charge is 0.127 e. The van der Waals surface area contributed by atoms with Crippen molar-refractivity contribution in [1.29, 1.82) is 0 Å². The van der Waals surface area contributed by atoms with Gasteiger partial charge < -0.3 is 14.8 Å². The summed E-state index contributed by atoms with van der Waals surface area (Å²) in [4.78, 5) is 2.54. The van der Waals surface area contributed by atoms with Gasteiger partial charge in [-0.1, -0.05) is 15.9 Å². The number of rotatable bonds is 7. The topological polar surface area (TPSA) is 33.7 Å². The quantitative estimate of drug-likeness (QED) is 0.788. The summed E-state index contributed by atoms with van der Waals surface area (Å²) < 4.78 is 12.1. The third-order valence-corrected chi connectivity index (χ3v) is 5.05. The van der Waals surface area contributed by atoms with Crippen LogP contribution in [0.5, 0.6) is 5.75 Å². The van der Waals surface area contributed by atoms with E-state index in [0.717, 1.165) is 42.0 Å². The summed E-state index contributed by atoms with van der Waals surface area (Å²) in [5.74, 6) is 0.971. The number of nitrogens with one attached hydrogen (secondary N) is 1. The van der Waals surface area contributed by atoms with Crippen LogP contribution < -0.4 is 10.1 Å². The van der Waals surface area contributed by atoms with Gasteiger partial charge in [-0.3, -0.25) is 4.90 Å². The summed E-state index contributed by atoms with van der Waals surface area (Å²) >= 11 is 3.52. The Kier molecular flexibility index (Phi) is 6.11. The summed E-state index contributed by atoms with van der Waals surface area (Å²) in [6.07, 6.45) is 4.82. The van der Waals surface area contributed by atoms with Gasteiger partial charge in [-0.2, -0.15) is 0 Å². The van der Waals surface area contributed by atoms with Crippen molar-refractivity contribution in [2.45, 2.75) is 18.9 Å². The SMILES string of the molecule is COCCN1CCCC1CNCC1=Cc2cc(Br)ccc2OC1. The highest BCUT2D eigenvalue weighted by molar-refractivity contribution is 9.10. The van der Waals surface area contributed by atoms with E-state index < -0.39 is 0 Å². The number of likely N-dealkylation sites (tertiary alicyclic amines) is 1. The predicted molar refractivity (Wildman–Crippen MR) is 97.0 cm³/mol. The Bertz CT molecular complexity index is 562. The highest BCUT2D eigenvalue weighted by Crippen LogP contribution is 2.28.